The summed E-state index contributed by atoms with van der Waals surface area (Å²) in [6.07, 6.45) is 4.31. The van der Waals surface area contributed by atoms with E-state index in [2.05, 4.69) is 69.3 Å². The summed E-state index contributed by atoms with van der Waals surface area (Å²) in [5.41, 5.74) is 8.50. The summed E-state index contributed by atoms with van der Waals surface area (Å²) >= 11 is 0. The van der Waals surface area contributed by atoms with Crippen molar-refractivity contribution in [2.75, 3.05) is 0 Å². The molecule has 0 unspecified atom stereocenters. The van der Waals surface area contributed by atoms with Crippen molar-refractivity contribution in [3.63, 3.8) is 0 Å². The number of aryl methyl sites for hydroxylation is 1. The molecule has 2 nitrogen and oxygen atoms in total. The van der Waals surface area contributed by atoms with Gasteiger partial charge < -0.3 is 4.57 Å². The van der Waals surface area contributed by atoms with Gasteiger partial charge in [0.1, 0.15) is 12.7 Å². The lowest BCUT2D eigenvalue weighted by atomic mass is 9.94. The molecule has 0 fully saturated rings. The van der Waals surface area contributed by atoms with Crippen LogP contribution in [0.5, 0.6) is 0 Å². The van der Waals surface area contributed by atoms with Gasteiger partial charge in [-0.15, -0.1) is 0 Å². The Morgan fingerprint density at radius 1 is 1.11 bits per heavy atom. The molecule has 0 aliphatic carbocycles. The van der Waals surface area contributed by atoms with E-state index in [9.17, 15) is 0 Å². The van der Waals surface area contributed by atoms with Gasteiger partial charge in [-0.25, -0.2) is 0 Å². The third-order valence-electron chi connectivity index (χ3n) is 4.38. The molecule has 19 heavy (non-hydrogen) atoms. The molecule has 0 saturated carbocycles. The lowest BCUT2D eigenvalue weighted by Crippen LogP contribution is -2.38. The van der Waals surface area contributed by atoms with Crippen molar-refractivity contribution in [3.8, 4) is 11.4 Å². The monoisotopic (exact) mass is 257 g/mol. The van der Waals surface area contributed by atoms with E-state index < -0.39 is 0 Å². The van der Waals surface area contributed by atoms with Gasteiger partial charge in [-0.2, -0.15) is 4.57 Å². The number of hydrogen-bond acceptors (Lipinski definition) is 0. The molecule has 2 aromatic rings. The van der Waals surface area contributed by atoms with E-state index in [1.54, 1.807) is 0 Å². The lowest BCUT2D eigenvalue weighted by Gasteiger charge is -2.16. The fraction of sp³-hybridized carbons (Fsp3) is 0.471. The molecule has 0 saturated heterocycles. The Kier molecular flexibility index (Phi) is 3.79. The van der Waals surface area contributed by atoms with Gasteiger partial charge in [0.2, 0.25) is 5.69 Å². The van der Waals surface area contributed by atoms with Crippen molar-refractivity contribution in [1.82, 2.24) is 4.57 Å². The van der Waals surface area contributed by atoms with Crippen LogP contribution in [-0.4, -0.2) is 4.57 Å². The maximum Gasteiger partial charge on any atom is 0.232 e. The molecule has 2 heterocycles. The first-order chi connectivity index (χ1) is 9.02. The summed E-state index contributed by atoms with van der Waals surface area (Å²) in [4.78, 5) is 0. The molecule has 0 bridgehead atoms. The molecule has 2 heteroatoms. The highest BCUT2D eigenvalue weighted by Gasteiger charge is 2.25. The van der Waals surface area contributed by atoms with Crippen molar-refractivity contribution in [1.29, 1.82) is 0 Å². The van der Waals surface area contributed by atoms with Gasteiger partial charge in [-0.1, -0.05) is 13.8 Å². The molecule has 0 aliphatic rings. The van der Waals surface area contributed by atoms with Gasteiger partial charge in [0.05, 0.1) is 0 Å². The summed E-state index contributed by atoms with van der Waals surface area (Å²) in [6, 6.07) is 4.33. The van der Waals surface area contributed by atoms with Crippen molar-refractivity contribution < 1.29 is 4.57 Å². The summed E-state index contributed by atoms with van der Waals surface area (Å²) in [5, 5.41) is 0. The molecule has 0 aliphatic heterocycles. The van der Waals surface area contributed by atoms with Crippen LogP contribution in [0.1, 0.15) is 36.2 Å². The maximum atomic E-state index is 2.35. The quantitative estimate of drug-likeness (QED) is 0.746. The minimum Gasteiger partial charge on any atom is -0.346 e. The van der Waals surface area contributed by atoms with Crippen LogP contribution in [-0.2, 0) is 26.9 Å². The van der Waals surface area contributed by atoms with Gasteiger partial charge >= 0.3 is 0 Å². The van der Waals surface area contributed by atoms with Crippen LogP contribution >= 0.6 is 0 Å². The maximum absolute atomic E-state index is 2.35. The predicted octanol–water partition coefficient (Wildman–Crippen LogP) is 3.26. The van der Waals surface area contributed by atoms with E-state index in [4.69, 9.17) is 0 Å². The molecule has 0 radical (unpaired) electrons. The number of aromatic nitrogens is 2. The summed E-state index contributed by atoms with van der Waals surface area (Å²) in [7, 11) is 4.30. The minimum absolute atomic E-state index is 1.08. The summed E-state index contributed by atoms with van der Waals surface area (Å²) in [5.74, 6) is 0. The Bertz CT molecular complexity index is 606. The summed E-state index contributed by atoms with van der Waals surface area (Å²) in [6.45, 7) is 8.99. The predicted molar refractivity (Wildman–Crippen MR) is 80.3 cm³/mol. The third kappa shape index (κ3) is 2.09. The van der Waals surface area contributed by atoms with Crippen LogP contribution < -0.4 is 4.57 Å². The average Bonchev–Trinajstić information content (AvgIpc) is 2.81. The van der Waals surface area contributed by atoms with E-state index in [1.165, 1.54) is 33.8 Å². The molecule has 2 rings (SSSR count). The van der Waals surface area contributed by atoms with Gasteiger partial charge in [-0.3, -0.25) is 0 Å². The minimum atomic E-state index is 1.08. The van der Waals surface area contributed by atoms with Crippen molar-refractivity contribution in [3.05, 3.63) is 40.7 Å². The van der Waals surface area contributed by atoms with E-state index >= 15 is 0 Å². The largest absolute Gasteiger partial charge is 0.346 e. The zero-order valence-electron chi connectivity index (χ0n) is 13.0. The molecular formula is C17H25N2+. The van der Waals surface area contributed by atoms with E-state index in [1.807, 2.05) is 0 Å². The van der Waals surface area contributed by atoms with Gasteiger partial charge in [0.25, 0.3) is 0 Å². The zero-order chi connectivity index (χ0) is 14.2. The van der Waals surface area contributed by atoms with E-state index in [-0.39, 0.29) is 0 Å². The average molecular weight is 257 g/mol. The normalized spacial score (nSPS) is 11.1. The fourth-order valence-electron chi connectivity index (χ4n) is 3.10. The van der Waals surface area contributed by atoms with Crippen LogP contribution in [0.25, 0.3) is 11.4 Å². The fourth-order valence-corrected chi connectivity index (χ4v) is 3.10. The third-order valence-corrected chi connectivity index (χ3v) is 4.38. The summed E-state index contributed by atoms with van der Waals surface area (Å²) < 4.78 is 4.56. The standard InChI is InChI=1S/C17H25N2/c1-7-14-12(3)13(4)19(6)17(15(14)8-2)16-10-9-11-18(16)5/h9-11H,7-8H2,1-6H3/q+1. The Morgan fingerprint density at radius 3 is 2.21 bits per heavy atom. The van der Waals surface area contributed by atoms with Gasteiger partial charge in [0, 0.05) is 31.3 Å². The van der Waals surface area contributed by atoms with Crippen LogP contribution in [0, 0.1) is 13.8 Å². The first-order valence-electron chi connectivity index (χ1n) is 7.15. The molecule has 2 aromatic heterocycles. The van der Waals surface area contributed by atoms with Gasteiger partial charge in [0.15, 0.2) is 5.69 Å². The van der Waals surface area contributed by atoms with Gasteiger partial charge in [-0.05, 0) is 37.5 Å². The first kappa shape index (κ1) is 13.9. The van der Waals surface area contributed by atoms with Crippen LogP contribution in [0.2, 0.25) is 0 Å². The molecule has 0 N–H and O–H groups in total. The molecular weight excluding hydrogens is 232 g/mol. The second kappa shape index (κ2) is 5.20. The zero-order valence-corrected chi connectivity index (χ0v) is 13.0. The Hall–Kier alpha value is -1.57. The highest BCUT2D eigenvalue weighted by atomic mass is 15.0. The lowest BCUT2D eigenvalue weighted by molar-refractivity contribution is -0.667. The van der Waals surface area contributed by atoms with Crippen LogP contribution in [0.3, 0.4) is 0 Å². The topological polar surface area (TPSA) is 8.81 Å². The van der Waals surface area contributed by atoms with Crippen LogP contribution in [0.15, 0.2) is 18.3 Å². The Morgan fingerprint density at radius 2 is 1.74 bits per heavy atom. The van der Waals surface area contributed by atoms with Crippen molar-refractivity contribution in [2.24, 2.45) is 14.1 Å². The first-order valence-corrected chi connectivity index (χ1v) is 7.15. The molecule has 0 atom stereocenters. The number of pyridine rings is 1. The number of hydrogen-bond donors (Lipinski definition) is 0. The molecule has 102 valence electrons. The number of nitrogens with zero attached hydrogens (tertiary/aromatic N) is 2. The Labute approximate surface area is 116 Å². The van der Waals surface area contributed by atoms with Crippen LogP contribution in [0.4, 0.5) is 0 Å². The Balaban J connectivity index is 2.87. The van der Waals surface area contributed by atoms with Crippen molar-refractivity contribution in [2.45, 2.75) is 40.5 Å². The second-order valence-electron chi connectivity index (χ2n) is 5.29. The van der Waals surface area contributed by atoms with E-state index in [0.29, 0.717) is 0 Å². The molecule has 0 spiro atoms. The second-order valence-corrected chi connectivity index (χ2v) is 5.29. The van der Waals surface area contributed by atoms with E-state index in [0.717, 1.165) is 12.8 Å². The smallest absolute Gasteiger partial charge is 0.232 e. The molecule has 0 aromatic carbocycles. The molecule has 0 amide bonds. The van der Waals surface area contributed by atoms with Crippen molar-refractivity contribution >= 4 is 0 Å². The number of rotatable bonds is 3. The highest BCUT2D eigenvalue weighted by Crippen LogP contribution is 2.27. The highest BCUT2D eigenvalue weighted by molar-refractivity contribution is 5.60. The SMILES string of the molecule is CCc1c(C)c(C)[n+](C)c(-c2cccn2C)c1CC.